The van der Waals surface area contributed by atoms with Crippen LogP contribution in [0.1, 0.15) is 33.0 Å². The molecule has 0 aliphatic carbocycles. The molecule has 3 nitrogen and oxygen atoms in total. The lowest BCUT2D eigenvalue weighted by atomic mass is 10.0. The first-order valence-corrected chi connectivity index (χ1v) is 7.81. The summed E-state index contributed by atoms with van der Waals surface area (Å²) in [6.45, 7) is 6.12. The highest BCUT2D eigenvalue weighted by Gasteiger charge is 2.19. The van der Waals surface area contributed by atoms with Gasteiger partial charge in [-0.25, -0.2) is 0 Å². The van der Waals surface area contributed by atoms with Gasteiger partial charge in [0.15, 0.2) is 11.5 Å². The number of aryl methyl sites for hydroxylation is 2. The monoisotopic (exact) mass is 352 g/mol. The van der Waals surface area contributed by atoms with Crippen LogP contribution in [0.4, 0.5) is 0 Å². The molecule has 0 aliphatic rings. The van der Waals surface area contributed by atoms with Crippen molar-refractivity contribution in [2.45, 2.75) is 32.0 Å². The van der Waals surface area contributed by atoms with E-state index in [1.165, 1.54) is 16.7 Å². The summed E-state index contributed by atoms with van der Waals surface area (Å²) in [6, 6.07) is 6.02. The summed E-state index contributed by atoms with van der Waals surface area (Å²) >= 11 is 3.79. The number of halogens is 1. The molecule has 0 saturated heterocycles. The van der Waals surface area contributed by atoms with E-state index in [9.17, 15) is 0 Å². The molecule has 1 aromatic carbocycles. The van der Waals surface area contributed by atoms with Crippen LogP contribution in [0.15, 0.2) is 22.6 Å². The summed E-state index contributed by atoms with van der Waals surface area (Å²) in [5.74, 6) is 3.47. The van der Waals surface area contributed by atoms with E-state index in [1.54, 1.807) is 14.2 Å². The lowest BCUT2D eigenvalue weighted by Crippen LogP contribution is -1.99. The van der Waals surface area contributed by atoms with Gasteiger partial charge in [0.25, 0.3) is 0 Å². The Kier molecular flexibility index (Phi) is 4.99. The molecular weight excluding hydrogens is 332 g/mol. The number of furan rings is 1. The molecule has 2 aromatic rings. The van der Waals surface area contributed by atoms with Crippen molar-refractivity contribution in [1.29, 1.82) is 0 Å². The molecule has 1 heterocycles. The zero-order chi connectivity index (χ0) is 15.6. The Morgan fingerprint density at radius 3 is 2.24 bits per heavy atom. The van der Waals surface area contributed by atoms with Gasteiger partial charge in [0.2, 0.25) is 0 Å². The lowest BCUT2D eigenvalue weighted by molar-refractivity contribution is 0.354. The average molecular weight is 353 g/mol. The summed E-state index contributed by atoms with van der Waals surface area (Å²) in [5, 5.41) is 0. The van der Waals surface area contributed by atoms with Crippen LogP contribution in [0.5, 0.6) is 11.5 Å². The Bertz CT molecular complexity index is 631. The van der Waals surface area contributed by atoms with Crippen molar-refractivity contribution in [3.05, 3.63) is 46.4 Å². The number of hydrogen-bond acceptors (Lipinski definition) is 3. The summed E-state index contributed by atoms with van der Waals surface area (Å²) in [7, 11) is 3.30. The molecule has 0 aliphatic heterocycles. The second-order valence-corrected chi connectivity index (χ2v) is 6.22. The van der Waals surface area contributed by atoms with Crippen LogP contribution in [0.25, 0.3) is 0 Å². The maximum atomic E-state index is 5.71. The van der Waals surface area contributed by atoms with Gasteiger partial charge in [-0.2, -0.15) is 0 Å². The van der Waals surface area contributed by atoms with Crippen molar-refractivity contribution in [2.24, 2.45) is 0 Å². The third-order valence-corrected chi connectivity index (χ3v) is 4.58. The van der Waals surface area contributed by atoms with E-state index in [2.05, 4.69) is 28.9 Å². The smallest absolute Gasteiger partial charge is 0.160 e. The van der Waals surface area contributed by atoms with Crippen molar-refractivity contribution < 1.29 is 13.9 Å². The number of rotatable bonds is 5. The standard InChI is InChI=1S/C17H21BrO3/c1-10-11(2)21-12(3)17(10)14(18)8-13-6-7-15(19-4)16(9-13)20-5/h6-7,9,14H,8H2,1-5H3. The predicted molar refractivity (Wildman–Crippen MR) is 87.8 cm³/mol. The van der Waals surface area contributed by atoms with E-state index in [0.717, 1.165) is 29.4 Å². The number of hydrogen-bond donors (Lipinski definition) is 0. The lowest BCUT2D eigenvalue weighted by Gasteiger charge is -2.13. The van der Waals surface area contributed by atoms with Gasteiger partial charge in [0, 0.05) is 10.4 Å². The minimum atomic E-state index is 0.216. The van der Waals surface area contributed by atoms with Crippen LogP contribution in [-0.4, -0.2) is 14.2 Å². The van der Waals surface area contributed by atoms with Crippen LogP contribution >= 0.6 is 15.9 Å². The molecule has 0 amide bonds. The van der Waals surface area contributed by atoms with Crippen LogP contribution < -0.4 is 9.47 Å². The molecule has 0 bridgehead atoms. The Morgan fingerprint density at radius 1 is 1.05 bits per heavy atom. The highest BCUT2D eigenvalue weighted by Crippen LogP contribution is 2.36. The van der Waals surface area contributed by atoms with Gasteiger partial charge in [-0.15, -0.1) is 0 Å². The third kappa shape index (κ3) is 3.26. The molecule has 21 heavy (non-hydrogen) atoms. The van der Waals surface area contributed by atoms with Gasteiger partial charge in [-0.05, 0) is 50.5 Å². The molecule has 0 radical (unpaired) electrons. The van der Waals surface area contributed by atoms with Crippen LogP contribution in [0, 0.1) is 20.8 Å². The Morgan fingerprint density at radius 2 is 1.71 bits per heavy atom. The Balaban J connectivity index is 2.25. The molecule has 114 valence electrons. The SMILES string of the molecule is COc1ccc(CC(Br)c2c(C)oc(C)c2C)cc1OC. The Labute approximate surface area is 134 Å². The van der Waals surface area contributed by atoms with E-state index in [-0.39, 0.29) is 4.83 Å². The molecule has 2 rings (SSSR count). The second kappa shape index (κ2) is 6.56. The topological polar surface area (TPSA) is 31.6 Å². The fourth-order valence-electron chi connectivity index (χ4n) is 2.59. The normalized spacial score (nSPS) is 12.3. The minimum absolute atomic E-state index is 0.216. The van der Waals surface area contributed by atoms with E-state index < -0.39 is 0 Å². The van der Waals surface area contributed by atoms with Gasteiger partial charge in [0.1, 0.15) is 11.5 Å². The molecule has 1 aromatic heterocycles. The Hall–Kier alpha value is -1.42. The summed E-state index contributed by atoms with van der Waals surface area (Å²) in [6.07, 6.45) is 0.862. The van der Waals surface area contributed by atoms with Gasteiger partial charge in [-0.1, -0.05) is 22.0 Å². The highest BCUT2D eigenvalue weighted by molar-refractivity contribution is 9.09. The first kappa shape index (κ1) is 16.0. The predicted octanol–water partition coefficient (Wildman–Crippen LogP) is 4.90. The number of methoxy groups -OCH3 is 2. The van der Waals surface area contributed by atoms with Gasteiger partial charge >= 0.3 is 0 Å². The van der Waals surface area contributed by atoms with Gasteiger partial charge in [-0.3, -0.25) is 0 Å². The molecule has 0 fully saturated rings. The van der Waals surface area contributed by atoms with Crippen LogP contribution in [-0.2, 0) is 6.42 Å². The molecular formula is C17H21BrO3. The maximum Gasteiger partial charge on any atom is 0.160 e. The summed E-state index contributed by atoms with van der Waals surface area (Å²) in [4.78, 5) is 0.216. The quantitative estimate of drug-likeness (QED) is 0.717. The summed E-state index contributed by atoms with van der Waals surface area (Å²) < 4.78 is 16.3. The first-order valence-electron chi connectivity index (χ1n) is 6.89. The highest BCUT2D eigenvalue weighted by atomic mass is 79.9. The maximum absolute atomic E-state index is 5.71. The van der Waals surface area contributed by atoms with Crippen LogP contribution in [0.3, 0.4) is 0 Å². The molecule has 0 saturated carbocycles. The van der Waals surface area contributed by atoms with E-state index in [4.69, 9.17) is 13.9 Å². The molecule has 0 spiro atoms. The van der Waals surface area contributed by atoms with Gasteiger partial charge < -0.3 is 13.9 Å². The molecule has 1 unspecified atom stereocenters. The minimum Gasteiger partial charge on any atom is -0.493 e. The first-order chi connectivity index (χ1) is 9.97. The third-order valence-electron chi connectivity index (χ3n) is 3.79. The number of benzene rings is 1. The van der Waals surface area contributed by atoms with E-state index in [0.29, 0.717) is 0 Å². The fourth-order valence-corrected chi connectivity index (χ4v) is 3.63. The average Bonchev–Trinajstić information content (AvgIpc) is 2.71. The van der Waals surface area contributed by atoms with Crippen molar-refractivity contribution >= 4 is 15.9 Å². The zero-order valence-electron chi connectivity index (χ0n) is 13.1. The van der Waals surface area contributed by atoms with E-state index >= 15 is 0 Å². The van der Waals surface area contributed by atoms with E-state index in [1.807, 2.05) is 26.0 Å². The largest absolute Gasteiger partial charge is 0.493 e. The molecule has 1 atom stereocenters. The van der Waals surface area contributed by atoms with Crippen molar-refractivity contribution in [1.82, 2.24) is 0 Å². The molecule has 4 heteroatoms. The van der Waals surface area contributed by atoms with Gasteiger partial charge in [0.05, 0.1) is 14.2 Å². The van der Waals surface area contributed by atoms with Crippen molar-refractivity contribution in [3.63, 3.8) is 0 Å². The summed E-state index contributed by atoms with van der Waals surface area (Å²) in [5.41, 5.74) is 3.64. The molecule has 0 N–H and O–H groups in total. The fraction of sp³-hybridized carbons (Fsp3) is 0.412. The number of alkyl halides is 1. The second-order valence-electron chi connectivity index (χ2n) is 5.11. The van der Waals surface area contributed by atoms with Crippen molar-refractivity contribution in [2.75, 3.05) is 14.2 Å². The number of ether oxygens (including phenoxy) is 2. The van der Waals surface area contributed by atoms with Crippen LogP contribution in [0.2, 0.25) is 0 Å². The van der Waals surface area contributed by atoms with Crippen molar-refractivity contribution in [3.8, 4) is 11.5 Å². The zero-order valence-corrected chi connectivity index (χ0v) is 14.7.